The van der Waals surface area contributed by atoms with E-state index >= 15 is 0 Å². The van der Waals surface area contributed by atoms with Gasteiger partial charge in [0.1, 0.15) is 0 Å². The maximum Gasteiger partial charge on any atom is 2.00 e. The van der Waals surface area contributed by atoms with E-state index in [-0.39, 0.29) is 32.9 Å². The van der Waals surface area contributed by atoms with Gasteiger partial charge in [-0.15, -0.1) is 35.5 Å². The molecule has 0 aromatic carbocycles. The molecule has 0 N–H and O–H groups in total. The molecular weight excluding hydrogens is 648 g/mol. The second-order valence-electron chi connectivity index (χ2n) is 14.8. The first kappa shape index (κ1) is 37.3. The Kier molecular flexibility index (Phi) is 15.4. The molecule has 4 saturated carbocycles. The molecule has 0 bridgehead atoms. The molecule has 7 aliphatic rings. The summed E-state index contributed by atoms with van der Waals surface area (Å²) >= 11 is 0. The van der Waals surface area contributed by atoms with Crippen LogP contribution in [0.5, 0.6) is 0 Å². The van der Waals surface area contributed by atoms with E-state index in [1.54, 1.807) is 22.1 Å². The normalized spacial score (nSPS) is 24.4. The quantitative estimate of drug-likeness (QED) is 0.0999. The third kappa shape index (κ3) is 9.63. The standard InChI is InChI=1S/C38H57NP2.C5.Fe/c1-39(2)38(35-27-17-29-37(35)41(32-22-11-5-12-23-32)33-24-13-6-14-25-33)34-26-15-16-28-36(34)40(30-18-7-3-8-19-30)31-20-9-4-10-21-31;1-2-4-5-3-1;/h15-17,26,28-33,38H,3-14,18-25H2,1-2H3;;/q2*-1;+2/t38-;;/m1../s1. The summed E-state index contributed by atoms with van der Waals surface area (Å²) in [5, 5.41) is 3.53. The summed E-state index contributed by atoms with van der Waals surface area (Å²) in [6, 6.07) is 0.338. The van der Waals surface area contributed by atoms with Crippen molar-refractivity contribution in [1.29, 1.82) is 0 Å². The van der Waals surface area contributed by atoms with Gasteiger partial charge < -0.3 is 4.90 Å². The molecule has 7 rings (SSSR count). The maximum absolute atomic E-state index is 3.95. The van der Waals surface area contributed by atoms with Crippen LogP contribution in [0.4, 0.5) is 0 Å². The molecule has 0 aromatic heterocycles. The van der Waals surface area contributed by atoms with Crippen LogP contribution in [-0.2, 0) is 17.1 Å². The van der Waals surface area contributed by atoms with Gasteiger partial charge in [-0.2, -0.15) is 18.2 Å². The molecule has 4 fully saturated rings. The number of nitrogens with zero attached hydrogens (tertiary/aromatic N) is 1. The summed E-state index contributed by atoms with van der Waals surface area (Å²) in [4.78, 5) is 2.57. The van der Waals surface area contributed by atoms with Gasteiger partial charge in [-0.05, 0) is 106 Å². The van der Waals surface area contributed by atoms with Gasteiger partial charge in [-0.3, -0.25) is 11.5 Å². The molecule has 4 heteroatoms. The molecule has 0 spiro atoms. The van der Waals surface area contributed by atoms with E-state index in [0.29, 0.717) is 6.04 Å². The van der Waals surface area contributed by atoms with E-state index in [0.717, 1.165) is 22.6 Å². The Morgan fingerprint density at radius 1 is 0.702 bits per heavy atom. The first-order valence-corrected chi connectivity index (χ1v) is 21.9. The van der Waals surface area contributed by atoms with Crippen LogP contribution in [0, 0.1) is 24.5 Å². The van der Waals surface area contributed by atoms with Gasteiger partial charge in [-0.1, -0.05) is 92.9 Å². The minimum absolute atomic E-state index is 0. The molecule has 1 nitrogen and oxygen atoms in total. The fourth-order valence-corrected chi connectivity index (χ4v) is 17.4. The van der Waals surface area contributed by atoms with Crippen molar-refractivity contribution in [3.63, 3.8) is 0 Å². The van der Waals surface area contributed by atoms with Gasteiger partial charge >= 0.3 is 17.1 Å². The van der Waals surface area contributed by atoms with Crippen molar-refractivity contribution in [2.75, 3.05) is 14.1 Å². The molecule has 0 aliphatic heterocycles. The zero-order valence-corrected chi connectivity index (χ0v) is 32.1. The molecule has 47 heavy (non-hydrogen) atoms. The zero-order valence-electron chi connectivity index (χ0n) is 29.2. The van der Waals surface area contributed by atoms with Crippen molar-refractivity contribution < 1.29 is 17.1 Å². The number of hydrogen-bond donors (Lipinski definition) is 0. The summed E-state index contributed by atoms with van der Waals surface area (Å²) in [7, 11) is 4.46. The zero-order chi connectivity index (χ0) is 31.6. The summed E-state index contributed by atoms with van der Waals surface area (Å²) in [6.45, 7) is 0. The average molecular weight is 706 g/mol. The first-order chi connectivity index (χ1) is 22.7. The van der Waals surface area contributed by atoms with Crippen molar-refractivity contribution in [2.45, 2.75) is 157 Å². The second-order valence-corrected chi connectivity index (χ2v) is 20.3. The minimum atomic E-state index is -0.131. The number of allylic oxidation sites excluding steroid dienone is 5. The van der Waals surface area contributed by atoms with Crippen LogP contribution >= 0.6 is 15.8 Å². The topological polar surface area (TPSA) is 3.24 Å². The van der Waals surface area contributed by atoms with Crippen LogP contribution in [0.2, 0.25) is 0 Å². The summed E-state index contributed by atoms with van der Waals surface area (Å²) in [5.41, 5.74) is 16.8. The van der Waals surface area contributed by atoms with E-state index in [1.807, 2.05) is 0 Å². The summed E-state index contributed by atoms with van der Waals surface area (Å²) < 4.78 is 0. The van der Waals surface area contributed by atoms with Gasteiger partial charge in [0, 0.05) is 11.6 Å². The fraction of sp³-hybridized carbons (Fsp3) is 0.628. The Labute approximate surface area is 301 Å². The second kappa shape index (κ2) is 19.4. The number of likely N-dealkylation sites (N-methyl/N-ethyl adjacent to an activating group) is 1. The summed E-state index contributed by atoms with van der Waals surface area (Å²) in [6.07, 6.45) is 49.2. The van der Waals surface area contributed by atoms with Crippen molar-refractivity contribution in [1.82, 2.24) is 4.90 Å². The Balaban J connectivity index is 0.000000662. The van der Waals surface area contributed by atoms with Gasteiger partial charge in [0.25, 0.3) is 0 Å². The van der Waals surface area contributed by atoms with E-state index < -0.39 is 0 Å². The molecule has 1 atom stereocenters. The van der Waals surface area contributed by atoms with Crippen LogP contribution in [0.3, 0.4) is 0 Å². The van der Waals surface area contributed by atoms with E-state index in [9.17, 15) is 0 Å². The van der Waals surface area contributed by atoms with Crippen LogP contribution in [0.15, 0.2) is 69.5 Å². The molecule has 0 heterocycles. The predicted octanol–water partition coefficient (Wildman–Crippen LogP) is 12.0. The van der Waals surface area contributed by atoms with Crippen LogP contribution in [-0.4, -0.2) is 47.7 Å². The minimum Gasteiger partial charge on any atom is -0.308 e. The SMILES string of the molecule is CN(C)[C@@H](C1=C=CC=C1P(C1CCCCC1)C1CCCCC1)[C-]1C=C[CH]C=C1P(C1CCCCC1)C1CCCCC1.[C]1=C=C=C=[C-]1.[Fe+2]. The third-order valence-electron chi connectivity index (χ3n) is 11.5. The molecule has 2 radical (unpaired) electrons. The first-order valence-electron chi connectivity index (χ1n) is 19.0. The Hall–Kier alpha value is -0.971. The van der Waals surface area contributed by atoms with Crippen LogP contribution < -0.4 is 0 Å². The molecule has 0 amide bonds. The van der Waals surface area contributed by atoms with E-state index in [2.05, 4.69) is 90.9 Å². The molecule has 252 valence electrons. The van der Waals surface area contributed by atoms with Gasteiger partial charge in [0.15, 0.2) is 0 Å². The van der Waals surface area contributed by atoms with Gasteiger partial charge in [0.2, 0.25) is 0 Å². The van der Waals surface area contributed by atoms with Crippen molar-refractivity contribution in [3.05, 3.63) is 94.0 Å². The molecule has 0 unspecified atom stereocenters. The van der Waals surface area contributed by atoms with E-state index in [1.165, 1.54) is 128 Å². The van der Waals surface area contributed by atoms with Gasteiger partial charge in [-0.25, -0.2) is 5.73 Å². The largest absolute Gasteiger partial charge is 2.00 e. The van der Waals surface area contributed by atoms with Crippen molar-refractivity contribution in [3.8, 4) is 0 Å². The monoisotopic (exact) mass is 705 g/mol. The third-order valence-corrected chi connectivity index (χ3v) is 18.6. The van der Waals surface area contributed by atoms with Crippen LogP contribution in [0.25, 0.3) is 0 Å². The predicted molar refractivity (Wildman–Crippen MR) is 200 cm³/mol. The Bertz CT molecular complexity index is 1250. The molecule has 7 aliphatic carbocycles. The number of hydrogen-bond acceptors (Lipinski definition) is 1. The van der Waals surface area contributed by atoms with Crippen molar-refractivity contribution >= 4 is 15.8 Å². The van der Waals surface area contributed by atoms with Crippen molar-refractivity contribution in [2.24, 2.45) is 0 Å². The number of rotatable bonds is 9. The maximum atomic E-state index is 3.95. The molecule has 0 saturated heterocycles. The molecule has 0 aromatic rings. The van der Waals surface area contributed by atoms with Crippen LogP contribution in [0.1, 0.15) is 128 Å². The summed E-state index contributed by atoms with van der Waals surface area (Å²) in [5.74, 6) is 1.64. The molecular formula is C43H57FeNP2. The van der Waals surface area contributed by atoms with Gasteiger partial charge in [0.05, 0.1) is 0 Å². The fourth-order valence-electron chi connectivity index (χ4n) is 9.44. The average Bonchev–Trinajstić information content (AvgIpc) is 3.85. The Morgan fingerprint density at radius 2 is 1.21 bits per heavy atom. The van der Waals surface area contributed by atoms with E-state index in [4.69, 9.17) is 0 Å². The smallest absolute Gasteiger partial charge is 0.308 e. The Morgan fingerprint density at radius 3 is 1.64 bits per heavy atom.